The second-order valence-electron chi connectivity index (χ2n) is 5.29. The van der Waals surface area contributed by atoms with Gasteiger partial charge in [-0.15, -0.1) is 5.10 Å². The van der Waals surface area contributed by atoms with Crippen LogP contribution in [-0.4, -0.2) is 36.1 Å². The molecule has 0 fully saturated rings. The van der Waals surface area contributed by atoms with Crippen LogP contribution in [0.25, 0.3) is 0 Å². The summed E-state index contributed by atoms with van der Waals surface area (Å²) in [5.74, 6) is 0.302. The monoisotopic (exact) mass is 263 g/mol. The number of nitrogens with zero attached hydrogens (tertiary/aromatic N) is 5. The number of aromatic amines is 1. The van der Waals surface area contributed by atoms with Crippen molar-refractivity contribution in [3.05, 3.63) is 24.0 Å². The van der Waals surface area contributed by atoms with Crippen LogP contribution in [0.4, 0.5) is 0 Å². The van der Waals surface area contributed by atoms with E-state index in [0.29, 0.717) is 5.82 Å². The van der Waals surface area contributed by atoms with Crippen molar-refractivity contribution < 1.29 is 4.79 Å². The highest BCUT2D eigenvalue weighted by Gasteiger charge is 2.20. The summed E-state index contributed by atoms with van der Waals surface area (Å²) in [7, 11) is 0. The number of nitrogens with one attached hydrogen (secondary N) is 2. The fraction of sp³-hybridized carbons (Fsp3) is 0.545. The van der Waals surface area contributed by atoms with E-state index in [1.165, 1.54) is 6.33 Å². The molecule has 0 saturated carbocycles. The summed E-state index contributed by atoms with van der Waals surface area (Å²) < 4.78 is 1.65. The lowest BCUT2D eigenvalue weighted by molar-refractivity contribution is 0.0933. The molecule has 2 N–H and O–H groups in total. The number of rotatable bonds is 3. The molecule has 0 aromatic carbocycles. The predicted molar refractivity (Wildman–Crippen MR) is 67.3 cm³/mol. The van der Waals surface area contributed by atoms with E-state index in [9.17, 15) is 4.79 Å². The van der Waals surface area contributed by atoms with Crippen LogP contribution in [0.1, 0.15) is 50.0 Å². The van der Waals surface area contributed by atoms with E-state index in [-0.39, 0.29) is 23.2 Å². The molecule has 0 saturated heterocycles. The quantitative estimate of drug-likeness (QED) is 0.846. The van der Waals surface area contributed by atoms with Gasteiger partial charge in [-0.2, -0.15) is 5.10 Å². The molecule has 1 amide bonds. The topological polar surface area (TPSA) is 101 Å². The van der Waals surface area contributed by atoms with E-state index in [1.807, 2.05) is 27.7 Å². The number of hydrogen-bond acceptors (Lipinski definition) is 5. The third-order valence-corrected chi connectivity index (χ3v) is 2.60. The number of H-pyrrole nitrogens is 1. The Morgan fingerprint density at radius 1 is 1.47 bits per heavy atom. The number of amides is 1. The average Bonchev–Trinajstić information content (AvgIpc) is 3.00. The molecule has 8 heteroatoms. The predicted octanol–water partition coefficient (Wildman–Crippen LogP) is 0.642. The van der Waals surface area contributed by atoms with Crippen molar-refractivity contribution in [2.45, 2.75) is 39.3 Å². The Morgan fingerprint density at radius 3 is 2.74 bits per heavy atom. The van der Waals surface area contributed by atoms with Gasteiger partial charge in [0, 0.05) is 0 Å². The normalized spacial score (nSPS) is 13.3. The van der Waals surface area contributed by atoms with Crippen LogP contribution in [0.5, 0.6) is 0 Å². The van der Waals surface area contributed by atoms with Crippen molar-refractivity contribution in [2.24, 2.45) is 0 Å². The highest BCUT2D eigenvalue weighted by atomic mass is 16.2. The molecule has 0 bridgehead atoms. The van der Waals surface area contributed by atoms with Crippen LogP contribution in [0.15, 0.2) is 12.5 Å². The van der Waals surface area contributed by atoms with Gasteiger partial charge < -0.3 is 5.32 Å². The number of hydrogen-bond donors (Lipinski definition) is 2. The fourth-order valence-corrected chi connectivity index (χ4v) is 1.46. The van der Waals surface area contributed by atoms with Crippen LogP contribution in [0.3, 0.4) is 0 Å². The van der Waals surface area contributed by atoms with Gasteiger partial charge in [-0.3, -0.25) is 9.89 Å². The number of carbonyl (C=O) groups excluding carboxylic acids is 1. The standard InChI is InChI=1S/C11H17N7O/c1-7(9-12-6-13-16-9)14-10(19)8-5-18(17-15-8)11(2,3)4/h5-7H,1-4H3,(H,14,19)(H,12,13,16). The highest BCUT2D eigenvalue weighted by molar-refractivity contribution is 5.92. The lowest BCUT2D eigenvalue weighted by Crippen LogP contribution is -2.28. The van der Waals surface area contributed by atoms with Crippen LogP contribution < -0.4 is 5.32 Å². The second-order valence-corrected chi connectivity index (χ2v) is 5.29. The summed E-state index contributed by atoms with van der Waals surface area (Å²) in [5, 5.41) is 17.0. The zero-order valence-corrected chi connectivity index (χ0v) is 11.4. The van der Waals surface area contributed by atoms with Crippen molar-refractivity contribution in [2.75, 3.05) is 0 Å². The first-order chi connectivity index (χ1) is 8.88. The molecular weight excluding hydrogens is 246 g/mol. The molecule has 2 heterocycles. The van der Waals surface area contributed by atoms with E-state index in [1.54, 1.807) is 10.9 Å². The van der Waals surface area contributed by atoms with Gasteiger partial charge >= 0.3 is 0 Å². The third-order valence-electron chi connectivity index (χ3n) is 2.60. The van der Waals surface area contributed by atoms with Crippen LogP contribution in [-0.2, 0) is 5.54 Å². The molecule has 8 nitrogen and oxygen atoms in total. The zero-order chi connectivity index (χ0) is 14.0. The van der Waals surface area contributed by atoms with Gasteiger partial charge in [0.2, 0.25) is 0 Å². The Balaban J connectivity index is 2.06. The molecule has 1 unspecified atom stereocenters. The van der Waals surface area contributed by atoms with Gasteiger partial charge in [-0.25, -0.2) is 9.67 Å². The van der Waals surface area contributed by atoms with E-state index < -0.39 is 0 Å². The Morgan fingerprint density at radius 2 is 2.21 bits per heavy atom. The fourth-order valence-electron chi connectivity index (χ4n) is 1.46. The van der Waals surface area contributed by atoms with Gasteiger partial charge in [-0.05, 0) is 27.7 Å². The largest absolute Gasteiger partial charge is 0.341 e. The van der Waals surface area contributed by atoms with Crippen molar-refractivity contribution in [1.82, 2.24) is 35.5 Å². The lowest BCUT2D eigenvalue weighted by atomic mass is 10.1. The summed E-state index contributed by atoms with van der Waals surface area (Å²) in [5.41, 5.74) is 0.0727. The minimum atomic E-state index is -0.292. The maximum absolute atomic E-state index is 12.0. The first-order valence-electron chi connectivity index (χ1n) is 5.97. The SMILES string of the molecule is CC(NC(=O)c1cn(C(C)(C)C)nn1)c1ncn[nH]1. The zero-order valence-electron chi connectivity index (χ0n) is 11.4. The van der Waals surface area contributed by atoms with E-state index in [2.05, 4.69) is 30.8 Å². The maximum atomic E-state index is 12.0. The van der Waals surface area contributed by atoms with Gasteiger partial charge in [0.25, 0.3) is 5.91 Å². The van der Waals surface area contributed by atoms with Crippen molar-refractivity contribution in [1.29, 1.82) is 0 Å². The summed E-state index contributed by atoms with van der Waals surface area (Å²) in [6, 6.07) is -0.269. The molecule has 0 radical (unpaired) electrons. The Bertz CT molecular complexity index is 552. The molecule has 102 valence electrons. The first-order valence-corrected chi connectivity index (χ1v) is 5.97. The Labute approximate surface area is 110 Å². The van der Waals surface area contributed by atoms with Crippen molar-refractivity contribution in [3.63, 3.8) is 0 Å². The van der Waals surface area contributed by atoms with Crippen molar-refractivity contribution >= 4 is 5.91 Å². The molecule has 0 aliphatic carbocycles. The van der Waals surface area contributed by atoms with Crippen LogP contribution >= 0.6 is 0 Å². The highest BCUT2D eigenvalue weighted by Crippen LogP contribution is 2.12. The lowest BCUT2D eigenvalue weighted by Gasteiger charge is -2.17. The molecule has 2 rings (SSSR count). The summed E-state index contributed by atoms with van der Waals surface area (Å²) in [4.78, 5) is 16.0. The van der Waals surface area contributed by atoms with Gasteiger partial charge in [-0.1, -0.05) is 5.21 Å². The van der Waals surface area contributed by atoms with E-state index >= 15 is 0 Å². The number of aromatic nitrogens is 6. The smallest absolute Gasteiger partial charge is 0.274 e. The van der Waals surface area contributed by atoms with E-state index in [4.69, 9.17) is 0 Å². The molecule has 0 aliphatic heterocycles. The minimum Gasteiger partial charge on any atom is -0.341 e. The molecule has 1 atom stereocenters. The summed E-state index contributed by atoms with van der Waals surface area (Å²) in [6.45, 7) is 7.77. The van der Waals surface area contributed by atoms with E-state index in [0.717, 1.165) is 0 Å². The summed E-state index contributed by atoms with van der Waals surface area (Å²) >= 11 is 0. The van der Waals surface area contributed by atoms with Gasteiger partial charge in [0.1, 0.15) is 12.2 Å². The Hall–Kier alpha value is -2.25. The first kappa shape index (κ1) is 13.2. The van der Waals surface area contributed by atoms with Crippen LogP contribution in [0, 0.1) is 0 Å². The molecular formula is C11H17N7O. The second kappa shape index (κ2) is 4.79. The molecule has 0 aliphatic rings. The molecule has 19 heavy (non-hydrogen) atoms. The molecule has 2 aromatic rings. The minimum absolute atomic E-state index is 0.206. The van der Waals surface area contributed by atoms with Gasteiger partial charge in [0.15, 0.2) is 5.69 Å². The molecule has 2 aromatic heterocycles. The molecule has 0 spiro atoms. The van der Waals surface area contributed by atoms with Crippen LogP contribution in [0.2, 0.25) is 0 Å². The van der Waals surface area contributed by atoms with Gasteiger partial charge in [0.05, 0.1) is 17.8 Å². The third kappa shape index (κ3) is 2.95. The maximum Gasteiger partial charge on any atom is 0.274 e. The Kier molecular flexibility index (Phi) is 3.32. The summed E-state index contributed by atoms with van der Waals surface area (Å²) in [6.07, 6.45) is 3.02. The number of carbonyl (C=O) groups is 1. The average molecular weight is 263 g/mol. The van der Waals surface area contributed by atoms with Crippen molar-refractivity contribution in [3.8, 4) is 0 Å².